The number of alkyl halides is 3. The lowest BCUT2D eigenvalue weighted by molar-refractivity contribution is -0.141. The number of fused-ring (bicyclic) bond motifs is 1. The molecule has 5 nitrogen and oxygen atoms in total. The second kappa shape index (κ2) is 8.38. The Balaban J connectivity index is 1.53. The molecule has 2 atom stereocenters. The van der Waals surface area contributed by atoms with Crippen molar-refractivity contribution in [1.82, 2.24) is 20.0 Å². The Morgan fingerprint density at radius 3 is 2.67 bits per heavy atom. The van der Waals surface area contributed by atoms with Gasteiger partial charge in [0.15, 0.2) is 11.6 Å². The molecule has 178 valence electrons. The number of halogens is 5. The van der Waals surface area contributed by atoms with Crippen molar-refractivity contribution in [3.63, 3.8) is 0 Å². The second-order valence-corrected chi connectivity index (χ2v) is 9.27. The molecule has 1 aromatic carbocycles. The molecule has 5 rings (SSSR count). The maximum Gasteiger partial charge on any atom is 0.419 e. The Bertz CT molecular complexity index is 1060. The zero-order valence-corrected chi connectivity index (χ0v) is 18.0. The van der Waals surface area contributed by atoms with E-state index in [1.54, 1.807) is 4.90 Å². The number of hydrogen-bond donors (Lipinski definition) is 1. The van der Waals surface area contributed by atoms with Crippen molar-refractivity contribution in [1.29, 1.82) is 0 Å². The van der Waals surface area contributed by atoms with E-state index in [-0.39, 0.29) is 24.9 Å². The SMILES string of the molecule is O=CN1CCC(c2ccc(F)c(F)c2C(F)(F)F)CC1c1nn(CC2CC2)c2c1CCNC2. The molecule has 1 saturated heterocycles. The van der Waals surface area contributed by atoms with Crippen LogP contribution in [-0.4, -0.2) is 34.2 Å². The normalized spacial score (nSPS) is 23.5. The Morgan fingerprint density at radius 2 is 1.97 bits per heavy atom. The van der Waals surface area contributed by atoms with Gasteiger partial charge in [-0.25, -0.2) is 8.78 Å². The quantitative estimate of drug-likeness (QED) is 0.526. The van der Waals surface area contributed by atoms with Gasteiger partial charge in [-0.05, 0) is 62.1 Å². The Hall–Kier alpha value is -2.49. The first kappa shape index (κ1) is 22.3. The average Bonchev–Trinajstić information content (AvgIpc) is 3.54. The zero-order valence-electron chi connectivity index (χ0n) is 18.0. The molecule has 0 spiro atoms. The van der Waals surface area contributed by atoms with Crippen LogP contribution in [0.1, 0.15) is 65.7 Å². The fourth-order valence-corrected chi connectivity index (χ4v) is 5.26. The van der Waals surface area contributed by atoms with Crippen LogP contribution in [0.5, 0.6) is 0 Å². The fourth-order valence-electron chi connectivity index (χ4n) is 5.26. The monoisotopic (exact) mass is 468 g/mol. The van der Waals surface area contributed by atoms with Crippen LogP contribution < -0.4 is 5.32 Å². The van der Waals surface area contributed by atoms with Crippen molar-refractivity contribution in [3.05, 3.63) is 51.8 Å². The molecule has 1 aromatic heterocycles. The van der Waals surface area contributed by atoms with Crippen molar-refractivity contribution < 1.29 is 26.7 Å². The van der Waals surface area contributed by atoms with Crippen LogP contribution in [0.15, 0.2) is 12.1 Å². The van der Waals surface area contributed by atoms with Crippen molar-refractivity contribution in [3.8, 4) is 0 Å². The largest absolute Gasteiger partial charge is 0.419 e. The van der Waals surface area contributed by atoms with Crippen LogP contribution in [0.25, 0.3) is 0 Å². The minimum Gasteiger partial charge on any atom is -0.337 e. The third kappa shape index (κ3) is 4.13. The summed E-state index contributed by atoms with van der Waals surface area (Å²) in [4.78, 5) is 13.4. The topological polar surface area (TPSA) is 50.2 Å². The van der Waals surface area contributed by atoms with Gasteiger partial charge in [0.25, 0.3) is 0 Å². The summed E-state index contributed by atoms with van der Waals surface area (Å²) in [7, 11) is 0. The number of likely N-dealkylation sites (tertiary alicyclic amines) is 1. The molecule has 2 unspecified atom stereocenters. The van der Waals surface area contributed by atoms with E-state index in [4.69, 9.17) is 5.10 Å². The molecule has 1 N–H and O–H groups in total. The van der Waals surface area contributed by atoms with Gasteiger partial charge >= 0.3 is 6.18 Å². The van der Waals surface area contributed by atoms with E-state index in [9.17, 15) is 26.7 Å². The molecule has 2 aromatic rings. The first-order valence-corrected chi connectivity index (χ1v) is 11.3. The van der Waals surface area contributed by atoms with Gasteiger partial charge in [0, 0.05) is 25.2 Å². The first-order chi connectivity index (χ1) is 15.8. The second-order valence-electron chi connectivity index (χ2n) is 9.27. The maximum atomic E-state index is 14.2. The molecule has 1 amide bonds. The molecule has 1 saturated carbocycles. The average molecular weight is 468 g/mol. The number of nitrogens with one attached hydrogen (secondary N) is 1. The molecule has 10 heteroatoms. The van der Waals surface area contributed by atoms with Gasteiger partial charge in [-0.2, -0.15) is 18.3 Å². The van der Waals surface area contributed by atoms with Crippen LogP contribution in [0.4, 0.5) is 22.0 Å². The van der Waals surface area contributed by atoms with Gasteiger partial charge in [-0.1, -0.05) is 6.07 Å². The number of nitrogens with zero attached hydrogens (tertiary/aromatic N) is 3. The molecule has 3 heterocycles. The molecule has 0 bridgehead atoms. The Kier molecular flexibility index (Phi) is 5.66. The number of carbonyl (C=O) groups excluding carboxylic acids is 1. The molecular formula is C23H25F5N4O. The summed E-state index contributed by atoms with van der Waals surface area (Å²) < 4.78 is 70.9. The number of hydrogen-bond acceptors (Lipinski definition) is 3. The summed E-state index contributed by atoms with van der Waals surface area (Å²) in [5.41, 5.74) is 1.04. The molecule has 3 aliphatic rings. The maximum absolute atomic E-state index is 14.2. The highest BCUT2D eigenvalue weighted by Crippen LogP contribution is 2.45. The first-order valence-electron chi connectivity index (χ1n) is 11.3. The van der Waals surface area contributed by atoms with Crippen molar-refractivity contribution in [2.45, 2.75) is 63.3 Å². The summed E-state index contributed by atoms with van der Waals surface area (Å²) in [5, 5.41) is 8.19. The van der Waals surface area contributed by atoms with Gasteiger partial charge in [-0.15, -0.1) is 0 Å². The molecule has 33 heavy (non-hydrogen) atoms. The lowest BCUT2D eigenvalue weighted by atomic mass is 9.81. The van der Waals surface area contributed by atoms with Crippen molar-refractivity contribution in [2.75, 3.05) is 13.1 Å². The van der Waals surface area contributed by atoms with E-state index in [1.807, 2.05) is 4.68 Å². The van der Waals surface area contributed by atoms with E-state index < -0.39 is 35.3 Å². The van der Waals surface area contributed by atoms with Crippen LogP contribution >= 0.6 is 0 Å². The van der Waals surface area contributed by atoms with Crippen LogP contribution in [0.3, 0.4) is 0 Å². The highest BCUT2D eigenvalue weighted by molar-refractivity contribution is 5.50. The summed E-state index contributed by atoms with van der Waals surface area (Å²) in [6.45, 7) is 2.43. The number of piperidine rings is 1. The number of aromatic nitrogens is 2. The van der Waals surface area contributed by atoms with Crippen LogP contribution in [-0.2, 0) is 30.5 Å². The van der Waals surface area contributed by atoms with Gasteiger partial charge in [0.2, 0.25) is 6.41 Å². The standard InChI is InChI=1S/C23H25F5N4O/c24-17-4-3-15(20(21(17)25)23(26,27)28)14-6-8-31(12-33)18(9-14)22-16-5-7-29-10-19(16)32(30-22)11-13-1-2-13/h3-4,12-14,18,29H,1-2,5-11H2. The van der Waals surface area contributed by atoms with Crippen LogP contribution in [0.2, 0.25) is 0 Å². The number of amides is 1. The van der Waals surface area contributed by atoms with Crippen molar-refractivity contribution >= 4 is 6.41 Å². The third-order valence-electron chi connectivity index (χ3n) is 7.12. The van der Waals surface area contributed by atoms with Gasteiger partial charge in [-0.3, -0.25) is 9.48 Å². The van der Waals surface area contributed by atoms with Crippen LogP contribution in [0, 0.1) is 17.6 Å². The minimum absolute atomic E-state index is 0.174. The summed E-state index contributed by atoms with van der Waals surface area (Å²) >= 11 is 0. The summed E-state index contributed by atoms with van der Waals surface area (Å²) in [5.74, 6) is -3.48. The predicted molar refractivity (Wildman–Crippen MR) is 109 cm³/mol. The van der Waals surface area contributed by atoms with E-state index in [0.29, 0.717) is 18.9 Å². The Morgan fingerprint density at radius 1 is 1.18 bits per heavy atom. The van der Waals surface area contributed by atoms with E-state index in [1.165, 1.54) is 0 Å². The summed E-state index contributed by atoms with van der Waals surface area (Å²) in [6, 6.07) is 1.27. The Labute approximate surface area is 187 Å². The van der Waals surface area contributed by atoms with Crippen molar-refractivity contribution in [2.24, 2.45) is 5.92 Å². The number of benzene rings is 1. The van der Waals surface area contributed by atoms with E-state index in [2.05, 4.69) is 5.32 Å². The number of rotatable bonds is 5. The fraction of sp³-hybridized carbons (Fsp3) is 0.565. The van der Waals surface area contributed by atoms with E-state index in [0.717, 1.165) is 61.4 Å². The third-order valence-corrected chi connectivity index (χ3v) is 7.12. The lowest BCUT2D eigenvalue weighted by Gasteiger charge is -2.38. The minimum atomic E-state index is -5.02. The summed E-state index contributed by atoms with van der Waals surface area (Å²) in [6.07, 6.45) is -0.871. The smallest absolute Gasteiger partial charge is 0.337 e. The zero-order chi connectivity index (χ0) is 23.3. The lowest BCUT2D eigenvalue weighted by Crippen LogP contribution is -2.37. The predicted octanol–water partition coefficient (Wildman–Crippen LogP) is 4.31. The van der Waals surface area contributed by atoms with Gasteiger partial charge in [0.05, 0.1) is 23.0 Å². The molecule has 0 radical (unpaired) electrons. The highest BCUT2D eigenvalue weighted by atomic mass is 19.4. The molecule has 2 aliphatic heterocycles. The molecule has 2 fully saturated rings. The highest BCUT2D eigenvalue weighted by Gasteiger charge is 2.42. The molecule has 1 aliphatic carbocycles. The molecular weight excluding hydrogens is 443 g/mol. The van der Waals surface area contributed by atoms with Gasteiger partial charge in [0.1, 0.15) is 0 Å². The van der Waals surface area contributed by atoms with Gasteiger partial charge < -0.3 is 10.2 Å². The number of carbonyl (C=O) groups is 1. The van der Waals surface area contributed by atoms with E-state index >= 15 is 0 Å².